The summed E-state index contributed by atoms with van der Waals surface area (Å²) in [7, 11) is 0. The molecule has 0 fully saturated rings. The Labute approximate surface area is 83.0 Å². The first kappa shape index (κ1) is 10.4. The normalized spacial score (nSPS) is 11.8. The lowest BCUT2D eigenvalue weighted by Gasteiger charge is -2.10. The summed E-state index contributed by atoms with van der Waals surface area (Å²) in [5, 5.41) is 11.7. The number of rotatable bonds is 4. The van der Waals surface area contributed by atoms with E-state index in [2.05, 4.69) is 15.3 Å². The van der Waals surface area contributed by atoms with Gasteiger partial charge in [-0.1, -0.05) is 6.92 Å². The molecular formula is C9H13N5. The van der Waals surface area contributed by atoms with Gasteiger partial charge in [0.15, 0.2) is 11.5 Å². The Balaban J connectivity index is 2.63. The van der Waals surface area contributed by atoms with Crippen LogP contribution in [0.3, 0.4) is 0 Å². The van der Waals surface area contributed by atoms with Crippen molar-refractivity contribution in [2.45, 2.75) is 19.4 Å². The molecule has 0 aliphatic carbocycles. The summed E-state index contributed by atoms with van der Waals surface area (Å²) < 4.78 is 0. The molecule has 0 aromatic carbocycles. The van der Waals surface area contributed by atoms with E-state index in [0.717, 1.165) is 6.42 Å². The second-order valence-electron chi connectivity index (χ2n) is 2.91. The van der Waals surface area contributed by atoms with E-state index in [1.807, 2.05) is 13.0 Å². The van der Waals surface area contributed by atoms with Gasteiger partial charge in [0.1, 0.15) is 6.07 Å². The van der Waals surface area contributed by atoms with Crippen molar-refractivity contribution in [3.8, 4) is 6.07 Å². The Hall–Kier alpha value is -1.67. The van der Waals surface area contributed by atoms with E-state index in [0.29, 0.717) is 18.1 Å². The maximum atomic E-state index is 8.72. The van der Waals surface area contributed by atoms with Crippen molar-refractivity contribution in [3.63, 3.8) is 0 Å². The predicted octanol–water partition coefficient (Wildman–Crippen LogP) is 0.497. The maximum absolute atomic E-state index is 8.72. The van der Waals surface area contributed by atoms with Crippen LogP contribution in [0.5, 0.6) is 0 Å². The third-order valence-electron chi connectivity index (χ3n) is 1.86. The number of nitrogens with one attached hydrogen (secondary N) is 1. The topological polar surface area (TPSA) is 87.6 Å². The van der Waals surface area contributed by atoms with E-state index in [1.54, 1.807) is 6.20 Å². The first-order chi connectivity index (χ1) is 6.77. The summed E-state index contributed by atoms with van der Waals surface area (Å²) >= 11 is 0. The highest BCUT2D eigenvalue weighted by molar-refractivity contribution is 5.46. The van der Waals surface area contributed by atoms with Gasteiger partial charge in [0.25, 0.3) is 0 Å². The van der Waals surface area contributed by atoms with Crippen LogP contribution in [0.4, 0.5) is 5.82 Å². The fourth-order valence-electron chi connectivity index (χ4n) is 0.921. The molecule has 3 N–H and O–H groups in total. The SMILES string of the molecule is CCC(N)CNc1nccnc1C#N. The Morgan fingerprint density at radius 3 is 2.93 bits per heavy atom. The number of nitriles is 1. The Bertz CT molecular complexity index is 330. The van der Waals surface area contributed by atoms with Gasteiger partial charge in [-0.3, -0.25) is 0 Å². The third kappa shape index (κ3) is 2.68. The molecule has 0 aliphatic heterocycles. The van der Waals surface area contributed by atoms with Gasteiger partial charge in [-0.25, -0.2) is 9.97 Å². The quantitative estimate of drug-likeness (QED) is 0.723. The van der Waals surface area contributed by atoms with Gasteiger partial charge in [0.05, 0.1) is 0 Å². The summed E-state index contributed by atoms with van der Waals surface area (Å²) in [6.45, 7) is 2.61. The lowest BCUT2D eigenvalue weighted by atomic mass is 10.2. The first-order valence-electron chi connectivity index (χ1n) is 4.48. The minimum absolute atomic E-state index is 0.0727. The molecule has 1 unspecified atom stereocenters. The van der Waals surface area contributed by atoms with Gasteiger partial charge in [-0.2, -0.15) is 5.26 Å². The molecule has 1 heterocycles. The minimum atomic E-state index is 0.0727. The minimum Gasteiger partial charge on any atom is -0.366 e. The first-order valence-corrected chi connectivity index (χ1v) is 4.48. The van der Waals surface area contributed by atoms with Crippen LogP contribution in [0.1, 0.15) is 19.0 Å². The van der Waals surface area contributed by atoms with E-state index in [4.69, 9.17) is 11.0 Å². The van der Waals surface area contributed by atoms with Crippen molar-refractivity contribution in [1.82, 2.24) is 9.97 Å². The van der Waals surface area contributed by atoms with E-state index >= 15 is 0 Å². The summed E-state index contributed by atoms with van der Waals surface area (Å²) in [5.74, 6) is 0.499. The molecule has 0 saturated carbocycles. The van der Waals surface area contributed by atoms with Crippen LogP contribution in [-0.4, -0.2) is 22.6 Å². The summed E-state index contributed by atoms with van der Waals surface area (Å²) in [4.78, 5) is 7.88. The van der Waals surface area contributed by atoms with Crippen LogP contribution >= 0.6 is 0 Å². The lowest BCUT2D eigenvalue weighted by molar-refractivity contribution is 0.677. The predicted molar refractivity (Wildman–Crippen MR) is 53.5 cm³/mol. The van der Waals surface area contributed by atoms with Crippen LogP contribution in [0.25, 0.3) is 0 Å². The molecule has 5 heteroatoms. The standard InChI is InChI=1S/C9H13N5/c1-2-7(11)6-14-9-8(5-10)12-3-4-13-9/h3-4,7H,2,6,11H2,1H3,(H,13,14). The molecule has 1 aromatic rings. The van der Waals surface area contributed by atoms with Gasteiger partial charge >= 0.3 is 0 Å². The molecule has 0 radical (unpaired) electrons. The number of hydrogen-bond acceptors (Lipinski definition) is 5. The number of nitrogens with zero attached hydrogens (tertiary/aromatic N) is 3. The zero-order valence-corrected chi connectivity index (χ0v) is 8.07. The van der Waals surface area contributed by atoms with Crippen LogP contribution in [0, 0.1) is 11.3 Å². The smallest absolute Gasteiger partial charge is 0.182 e. The fourth-order valence-corrected chi connectivity index (χ4v) is 0.921. The van der Waals surface area contributed by atoms with E-state index in [9.17, 15) is 0 Å². The highest BCUT2D eigenvalue weighted by Gasteiger charge is 2.04. The second kappa shape index (κ2) is 5.14. The third-order valence-corrected chi connectivity index (χ3v) is 1.86. The van der Waals surface area contributed by atoms with E-state index < -0.39 is 0 Å². The molecule has 1 aromatic heterocycles. The summed E-state index contributed by atoms with van der Waals surface area (Å²) in [6.07, 6.45) is 3.92. The molecule has 14 heavy (non-hydrogen) atoms. The average Bonchev–Trinajstić information content (AvgIpc) is 2.26. The molecule has 1 rings (SSSR count). The molecule has 0 aliphatic rings. The van der Waals surface area contributed by atoms with Crippen LogP contribution in [-0.2, 0) is 0 Å². The summed E-state index contributed by atoms with van der Waals surface area (Å²) in [6, 6.07) is 2.03. The Kier molecular flexibility index (Phi) is 3.83. The molecule has 1 atom stereocenters. The van der Waals surface area contributed by atoms with Crippen molar-refractivity contribution in [3.05, 3.63) is 18.1 Å². The molecule has 0 bridgehead atoms. The number of aromatic nitrogens is 2. The Morgan fingerprint density at radius 1 is 1.57 bits per heavy atom. The monoisotopic (exact) mass is 191 g/mol. The van der Waals surface area contributed by atoms with Crippen molar-refractivity contribution in [2.24, 2.45) is 5.73 Å². The molecule has 5 nitrogen and oxygen atoms in total. The van der Waals surface area contributed by atoms with Gasteiger partial charge in [0.2, 0.25) is 0 Å². The van der Waals surface area contributed by atoms with Crippen molar-refractivity contribution < 1.29 is 0 Å². The van der Waals surface area contributed by atoms with Crippen molar-refractivity contribution in [1.29, 1.82) is 5.26 Å². The zero-order valence-electron chi connectivity index (χ0n) is 8.07. The highest BCUT2D eigenvalue weighted by Crippen LogP contribution is 2.05. The van der Waals surface area contributed by atoms with Crippen LogP contribution in [0.2, 0.25) is 0 Å². The van der Waals surface area contributed by atoms with E-state index in [1.165, 1.54) is 6.20 Å². The van der Waals surface area contributed by atoms with E-state index in [-0.39, 0.29) is 6.04 Å². The van der Waals surface area contributed by atoms with Gasteiger partial charge in [0, 0.05) is 25.0 Å². The van der Waals surface area contributed by atoms with Crippen molar-refractivity contribution >= 4 is 5.82 Å². The van der Waals surface area contributed by atoms with Gasteiger partial charge in [-0.05, 0) is 6.42 Å². The van der Waals surface area contributed by atoms with Gasteiger partial charge in [-0.15, -0.1) is 0 Å². The molecular weight excluding hydrogens is 178 g/mol. The molecule has 0 saturated heterocycles. The van der Waals surface area contributed by atoms with Gasteiger partial charge < -0.3 is 11.1 Å². The fraction of sp³-hybridized carbons (Fsp3) is 0.444. The van der Waals surface area contributed by atoms with Crippen molar-refractivity contribution in [2.75, 3.05) is 11.9 Å². The largest absolute Gasteiger partial charge is 0.366 e. The number of anilines is 1. The molecule has 74 valence electrons. The highest BCUT2D eigenvalue weighted by atomic mass is 15.0. The number of hydrogen-bond donors (Lipinski definition) is 2. The second-order valence-corrected chi connectivity index (χ2v) is 2.91. The maximum Gasteiger partial charge on any atom is 0.182 e. The molecule has 0 spiro atoms. The molecule has 0 amide bonds. The number of nitrogens with two attached hydrogens (primary N) is 1. The zero-order chi connectivity index (χ0) is 10.4. The average molecular weight is 191 g/mol. The van der Waals surface area contributed by atoms with Crippen LogP contribution in [0.15, 0.2) is 12.4 Å². The lowest BCUT2D eigenvalue weighted by Crippen LogP contribution is -2.28. The van der Waals surface area contributed by atoms with Crippen LogP contribution < -0.4 is 11.1 Å². The Morgan fingerprint density at radius 2 is 2.29 bits per heavy atom. The summed E-state index contributed by atoms with van der Waals surface area (Å²) in [5.41, 5.74) is 6.02.